The maximum atomic E-state index is 14.4. The van der Waals surface area contributed by atoms with Crippen LogP contribution in [0.15, 0.2) is 12.1 Å². The van der Waals surface area contributed by atoms with Crippen LogP contribution in [0, 0.1) is 5.82 Å². The molecule has 1 aromatic carbocycles. The Bertz CT molecular complexity index is 705. The topological polar surface area (TPSA) is 76.2 Å². The number of anilines is 2. The predicted octanol–water partition coefficient (Wildman–Crippen LogP) is 1.58. The summed E-state index contributed by atoms with van der Waals surface area (Å²) in [5.41, 5.74) is 1.18. The van der Waals surface area contributed by atoms with Crippen molar-refractivity contribution in [1.29, 1.82) is 0 Å². The molecule has 7 nitrogen and oxygen atoms in total. The molecule has 2 aliphatic rings. The van der Waals surface area contributed by atoms with Gasteiger partial charge in [0.25, 0.3) is 6.29 Å². The third-order valence-corrected chi connectivity index (χ3v) is 3.84. The monoisotopic (exact) mass is 322 g/mol. The molecule has 2 amide bonds. The highest BCUT2D eigenvalue weighted by Gasteiger charge is 2.36. The molecule has 8 heteroatoms. The van der Waals surface area contributed by atoms with E-state index in [-0.39, 0.29) is 24.6 Å². The van der Waals surface area contributed by atoms with Gasteiger partial charge in [-0.15, -0.1) is 0 Å². The zero-order chi connectivity index (χ0) is 16.7. The molecular weight excluding hydrogens is 307 g/mol. The van der Waals surface area contributed by atoms with Gasteiger partial charge in [-0.25, -0.2) is 9.18 Å². The number of rotatable bonds is 2. The second kappa shape index (κ2) is 5.53. The smallest absolute Gasteiger partial charge is 0.417 e. The third-order valence-electron chi connectivity index (χ3n) is 3.84. The molecule has 0 saturated carbocycles. The van der Waals surface area contributed by atoms with Gasteiger partial charge in [-0.1, -0.05) is 0 Å². The van der Waals surface area contributed by atoms with Crippen molar-refractivity contribution in [3.05, 3.63) is 23.5 Å². The van der Waals surface area contributed by atoms with E-state index in [1.807, 2.05) is 0 Å². The number of carbonyl (C=O) groups is 3. The van der Waals surface area contributed by atoms with Gasteiger partial charge in [0.1, 0.15) is 12.4 Å². The van der Waals surface area contributed by atoms with Crippen molar-refractivity contribution in [2.75, 3.05) is 23.4 Å². The number of hydrogen-bond donors (Lipinski definition) is 0. The lowest BCUT2D eigenvalue weighted by molar-refractivity contribution is -0.159. The van der Waals surface area contributed by atoms with Gasteiger partial charge in [-0.05, 0) is 24.1 Å². The van der Waals surface area contributed by atoms with Crippen LogP contribution >= 0.6 is 0 Å². The number of benzene rings is 1. The summed E-state index contributed by atoms with van der Waals surface area (Å²) in [7, 11) is 1.52. The molecule has 2 heterocycles. The molecule has 23 heavy (non-hydrogen) atoms. The summed E-state index contributed by atoms with van der Waals surface area (Å²) in [6.07, 6.45) is -1.04. The SMILES string of the molecule is CC(=O)OC1CN(c2cc(F)c3c(c2)CCC(=O)N3C)C(=O)O1. The summed E-state index contributed by atoms with van der Waals surface area (Å²) >= 11 is 0. The number of fused-ring (bicyclic) bond motifs is 1. The van der Waals surface area contributed by atoms with Crippen molar-refractivity contribution >= 4 is 29.3 Å². The van der Waals surface area contributed by atoms with Crippen LogP contribution < -0.4 is 9.80 Å². The van der Waals surface area contributed by atoms with Gasteiger partial charge < -0.3 is 14.4 Å². The van der Waals surface area contributed by atoms with Crippen LogP contribution in [-0.4, -0.2) is 37.9 Å². The first kappa shape index (κ1) is 15.3. The number of amides is 2. The van der Waals surface area contributed by atoms with Crippen LogP contribution in [0.2, 0.25) is 0 Å². The summed E-state index contributed by atoms with van der Waals surface area (Å²) < 4.78 is 24.1. The van der Waals surface area contributed by atoms with Crippen molar-refractivity contribution < 1.29 is 28.2 Å². The van der Waals surface area contributed by atoms with Crippen molar-refractivity contribution in [3.8, 4) is 0 Å². The van der Waals surface area contributed by atoms with E-state index in [0.29, 0.717) is 17.7 Å². The fraction of sp³-hybridized carbons (Fsp3) is 0.400. The highest BCUT2D eigenvalue weighted by atomic mass is 19.1. The zero-order valence-corrected chi connectivity index (χ0v) is 12.7. The number of carbonyl (C=O) groups excluding carboxylic acids is 3. The van der Waals surface area contributed by atoms with E-state index in [1.165, 1.54) is 29.8 Å². The van der Waals surface area contributed by atoms with E-state index in [2.05, 4.69) is 0 Å². The van der Waals surface area contributed by atoms with E-state index < -0.39 is 24.2 Å². The minimum Gasteiger partial charge on any atom is -0.423 e. The summed E-state index contributed by atoms with van der Waals surface area (Å²) in [6.45, 7) is 1.20. The zero-order valence-electron chi connectivity index (χ0n) is 12.7. The van der Waals surface area contributed by atoms with Gasteiger partial charge in [0, 0.05) is 20.4 Å². The summed E-state index contributed by atoms with van der Waals surface area (Å²) in [6, 6.07) is 2.82. The molecule has 0 aromatic heterocycles. The molecule has 122 valence electrons. The fourth-order valence-electron chi connectivity index (χ4n) is 2.79. The highest BCUT2D eigenvalue weighted by Crippen LogP contribution is 2.35. The lowest BCUT2D eigenvalue weighted by Crippen LogP contribution is -2.33. The normalized spacial score (nSPS) is 20.4. The van der Waals surface area contributed by atoms with Crippen molar-refractivity contribution in [1.82, 2.24) is 0 Å². The van der Waals surface area contributed by atoms with Crippen LogP contribution in [0.4, 0.5) is 20.6 Å². The Morgan fingerprint density at radius 3 is 2.78 bits per heavy atom. The Morgan fingerprint density at radius 2 is 2.09 bits per heavy atom. The van der Waals surface area contributed by atoms with Crippen LogP contribution in [0.1, 0.15) is 18.9 Å². The minimum absolute atomic E-state index is 0.00852. The first-order chi connectivity index (χ1) is 10.9. The van der Waals surface area contributed by atoms with Crippen LogP contribution in [0.3, 0.4) is 0 Å². The maximum Gasteiger partial charge on any atom is 0.417 e. The molecule has 0 aliphatic carbocycles. The molecule has 1 aromatic rings. The van der Waals surface area contributed by atoms with Gasteiger partial charge in [-0.2, -0.15) is 0 Å². The first-order valence-corrected chi connectivity index (χ1v) is 7.11. The number of halogens is 1. The number of nitrogens with zero attached hydrogens (tertiary/aromatic N) is 2. The molecule has 1 unspecified atom stereocenters. The molecule has 0 bridgehead atoms. The number of ether oxygens (including phenoxy) is 2. The standard InChI is InChI=1S/C15H15FN2O5/c1-8(19)22-13-7-18(15(21)23-13)10-5-9-3-4-12(20)17(2)14(9)11(16)6-10/h5-6,13H,3-4,7H2,1-2H3. The molecule has 0 spiro atoms. The molecule has 1 fully saturated rings. The quantitative estimate of drug-likeness (QED) is 0.773. The maximum absolute atomic E-state index is 14.4. The van der Waals surface area contributed by atoms with Crippen LogP contribution in [0.25, 0.3) is 0 Å². The van der Waals surface area contributed by atoms with E-state index in [9.17, 15) is 18.8 Å². The van der Waals surface area contributed by atoms with Crippen molar-refractivity contribution in [2.24, 2.45) is 0 Å². The molecule has 2 aliphatic heterocycles. The Labute approximate surface area is 131 Å². The second-order valence-electron chi connectivity index (χ2n) is 5.42. The molecular formula is C15H15FN2O5. The largest absolute Gasteiger partial charge is 0.423 e. The average Bonchev–Trinajstić information content (AvgIpc) is 2.82. The van der Waals surface area contributed by atoms with Crippen molar-refractivity contribution in [2.45, 2.75) is 26.1 Å². The van der Waals surface area contributed by atoms with Gasteiger partial charge in [0.05, 0.1) is 11.4 Å². The summed E-state index contributed by atoms with van der Waals surface area (Å²) in [5.74, 6) is -1.31. The highest BCUT2D eigenvalue weighted by molar-refractivity contribution is 5.97. The van der Waals surface area contributed by atoms with E-state index in [1.54, 1.807) is 6.07 Å². The van der Waals surface area contributed by atoms with Gasteiger partial charge >= 0.3 is 12.1 Å². The minimum atomic E-state index is -1.01. The molecule has 0 N–H and O–H groups in total. The van der Waals surface area contributed by atoms with Gasteiger partial charge in [0.15, 0.2) is 0 Å². The van der Waals surface area contributed by atoms with Gasteiger partial charge in [-0.3, -0.25) is 14.5 Å². The van der Waals surface area contributed by atoms with E-state index >= 15 is 0 Å². The molecule has 1 atom stereocenters. The Kier molecular flexibility index (Phi) is 3.67. The first-order valence-electron chi connectivity index (χ1n) is 7.11. The third kappa shape index (κ3) is 2.71. The predicted molar refractivity (Wildman–Crippen MR) is 77.5 cm³/mol. The second-order valence-corrected chi connectivity index (χ2v) is 5.42. The Hall–Kier alpha value is -2.64. The number of hydrogen-bond acceptors (Lipinski definition) is 5. The molecule has 3 rings (SSSR count). The number of esters is 1. The molecule has 0 radical (unpaired) electrons. The molecule has 1 saturated heterocycles. The van der Waals surface area contributed by atoms with Crippen LogP contribution in [-0.2, 0) is 25.5 Å². The summed E-state index contributed by atoms with van der Waals surface area (Å²) in [4.78, 5) is 37.0. The van der Waals surface area contributed by atoms with Gasteiger partial charge in [0.2, 0.25) is 5.91 Å². The van der Waals surface area contributed by atoms with E-state index in [0.717, 1.165) is 0 Å². The lowest BCUT2D eigenvalue weighted by Gasteiger charge is -2.27. The number of aryl methyl sites for hydroxylation is 1. The summed E-state index contributed by atoms with van der Waals surface area (Å²) in [5, 5.41) is 0. The van der Waals surface area contributed by atoms with Crippen LogP contribution in [0.5, 0.6) is 0 Å². The Balaban J connectivity index is 1.90. The lowest BCUT2D eigenvalue weighted by atomic mass is 10.00. The number of cyclic esters (lactones) is 1. The Morgan fingerprint density at radius 1 is 1.35 bits per heavy atom. The average molecular weight is 322 g/mol. The van der Waals surface area contributed by atoms with Crippen molar-refractivity contribution in [3.63, 3.8) is 0 Å². The van der Waals surface area contributed by atoms with E-state index in [4.69, 9.17) is 9.47 Å². The fourth-order valence-corrected chi connectivity index (χ4v) is 2.79.